The Labute approximate surface area is 130 Å². The summed E-state index contributed by atoms with van der Waals surface area (Å²) in [7, 11) is 0. The van der Waals surface area contributed by atoms with E-state index in [1.54, 1.807) is 18.3 Å². The summed E-state index contributed by atoms with van der Waals surface area (Å²) in [6, 6.07) is 4.68. The van der Waals surface area contributed by atoms with Gasteiger partial charge in [0.2, 0.25) is 11.8 Å². The Morgan fingerprint density at radius 2 is 2.13 bits per heavy atom. The summed E-state index contributed by atoms with van der Waals surface area (Å²) < 4.78 is 1.37. The molecule has 3 aromatic heterocycles. The highest BCUT2D eigenvalue weighted by Crippen LogP contribution is 2.21. The van der Waals surface area contributed by atoms with Crippen molar-refractivity contribution in [1.29, 1.82) is 0 Å². The number of fused-ring (bicyclic) bond motifs is 1. The van der Waals surface area contributed by atoms with Crippen LogP contribution in [0.15, 0.2) is 35.4 Å². The van der Waals surface area contributed by atoms with Gasteiger partial charge in [0, 0.05) is 25.0 Å². The molecule has 5 N–H and O–H groups in total. The van der Waals surface area contributed by atoms with E-state index < -0.39 is 0 Å². The molecule has 0 spiro atoms. The molecule has 0 bridgehead atoms. The number of rotatable bonds is 4. The van der Waals surface area contributed by atoms with Crippen molar-refractivity contribution in [3.63, 3.8) is 0 Å². The molecular weight excluding hydrogens is 300 g/mol. The molecule has 0 unspecified atom stereocenters. The predicted octanol–water partition coefficient (Wildman–Crippen LogP) is 0.210. The van der Waals surface area contributed by atoms with E-state index in [-0.39, 0.29) is 41.7 Å². The van der Waals surface area contributed by atoms with Crippen LogP contribution < -0.4 is 16.6 Å². The molecule has 0 radical (unpaired) electrons. The van der Waals surface area contributed by atoms with Crippen LogP contribution in [0.25, 0.3) is 10.8 Å². The highest BCUT2D eigenvalue weighted by molar-refractivity contribution is 5.92. The number of hydrogen-bond donors (Lipinski definition) is 4. The molecule has 0 aromatic carbocycles. The highest BCUT2D eigenvalue weighted by Gasteiger charge is 2.10. The molecule has 9 heteroatoms. The Balaban J connectivity index is 2.05. The van der Waals surface area contributed by atoms with Crippen molar-refractivity contribution in [3.05, 3.63) is 40.9 Å². The molecule has 9 nitrogen and oxygen atoms in total. The summed E-state index contributed by atoms with van der Waals surface area (Å²) in [6.07, 6.45) is 2.97. The van der Waals surface area contributed by atoms with Crippen molar-refractivity contribution in [2.24, 2.45) is 0 Å². The number of nitrogen functional groups attached to an aromatic ring is 1. The highest BCUT2D eigenvalue weighted by atomic mass is 16.3. The summed E-state index contributed by atoms with van der Waals surface area (Å²) in [4.78, 5) is 24.2. The molecule has 0 aliphatic carbocycles. The van der Waals surface area contributed by atoms with E-state index in [2.05, 4.69) is 20.3 Å². The number of nitrogens with two attached hydrogens (primary N) is 1. The quantitative estimate of drug-likeness (QED) is 0.536. The number of aromatic nitrogens is 4. The third kappa shape index (κ3) is 2.90. The van der Waals surface area contributed by atoms with Crippen molar-refractivity contribution in [3.8, 4) is 5.88 Å². The Morgan fingerprint density at radius 3 is 2.87 bits per heavy atom. The smallest absolute Gasteiger partial charge is 0.262 e. The van der Waals surface area contributed by atoms with Crippen LogP contribution in [-0.4, -0.2) is 36.3 Å². The van der Waals surface area contributed by atoms with Crippen LogP contribution in [0.1, 0.15) is 0 Å². The summed E-state index contributed by atoms with van der Waals surface area (Å²) in [5.41, 5.74) is 5.57. The largest absolute Gasteiger partial charge is 0.493 e. The van der Waals surface area contributed by atoms with Crippen LogP contribution in [0.4, 0.5) is 17.6 Å². The number of aliphatic hydroxyl groups is 1. The van der Waals surface area contributed by atoms with Crippen LogP contribution in [0.5, 0.6) is 5.88 Å². The summed E-state index contributed by atoms with van der Waals surface area (Å²) in [6.45, 7) is 0.0402. The molecule has 0 amide bonds. The fourth-order valence-corrected chi connectivity index (χ4v) is 2.20. The lowest BCUT2D eigenvalue weighted by molar-refractivity contribution is 0.274. The number of anilines is 3. The van der Waals surface area contributed by atoms with Gasteiger partial charge in [0.25, 0.3) is 5.56 Å². The van der Waals surface area contributed by atoms with Crippen molar-refractivity contribution in [2.45, 2.75) is 6.54 Å². The maximum absolute atomic E-state index is 12.3. The van der Waals surface area contributed by atoms with Crippen molar-refractivity contribution in [1.82, 2.24) is 19.5 Å². The van der Waals surface area contributed by atoms with Gasteiger partial charge in [-0.05, 0) is 17.5 Å². The number of aliphatic hydroxyl groups excluding tert-OH is 1. The molecular formula is C14H14N6O3. The van der Waals surface area contributed by atoms with Crippen LogP contribution in [-0.2, 0) is 6.54 Å². The second-order valence-electron chi connectivity index (χ2n) is 4.76. The van der Waals surface area contributed by atoms with Gasteiger partial charge < -0.3 is 25.8 Å². The van der Waals surface area contributed by atoms with E-state index in [1.165, 1.54) is 16.8 Å². The van der Waals surface area contributed by atoms with Crippen LogP contribution in [0, 0.1) is 0 Å². The Morgan fingerprint density at radius 1 is 1.30 bits per heavy atom. The molecule has 3 rings (SSSR count). The zero-order valence-corrected chi connectivity index (χ0v) is 12.0. The van der Waals surface area contributed by atoms with Crippen molar-refractivity contribution >= 4 is 28.4 Å². The van der Waals surface area contributed by atoms with Gasteiger partial charge in [-0.1, -0.05) is 0 Å². The molecule has 118 valence electrons. The van der Waals surface area contributed by atoms with Gasteiger partial charge in [-0.15, -0.1) is 0 Å². The molecule has 0 atom stereocenters. The normalized spacial score (nSPS) is 10.8. The zero-order chi connectivity index (χ0) is 16.4. The standard InChI is InChI=1S/C14H14N6O3/c15-12-11-8(2-4-20(5-6-21)13(11)23)7-9(17-12)18-14-16-3-1-10(22)19-14/h1-4,7,21H,5-6H2,(H4,15,16,17,18,19,22). The van der Waals surface area contributed by atoms with E-state index in [1.807, 2.05) is 0 Å². The first kappa shape index (κ1) is 14.7. The molecule has 0 saturated heterocycles. The minimum absolute atomic E-state index is 0.0578. The molecule has 0 saturated carbocycles. The van der Waals surface area contributed by atoms with Gasteiger partial charge in [-0.3, -0.25) is 4.79 Å². The van der Waals surface area contributed by atoms with E-state index in [0.717, 1.165) is 0 Å². The lowest BCUT2D eigenvalue weighted by atomic mass is 10.2. The van der Waals surface area contributed by atoms with Gasteiger partial charge in [0.1, 0.15) is 11.6 Å². The minimum Gasteiger partial charge on any atom is -0.493 e. The third-order valence-corrected chi connectivity index (χ3v) is 3.21. The molecule has 23 heavy (non-hydrogen) atoms. The topological polar surface area (TPSA) is 139 Å². The maximum atomic E-state index is 12.3. The van der Waals surface area contributed by atoms with E-state index in [9.17, 15) is 9.90 Å². The lowest BCUT2D eigenvalue weighted by Crippen LogP contribution is -2.22. The minimum atomic E-state index is -0.318. The van der Waals surface area contributed by atoms with Crippen LogP contribution in [0.2, 0.25) is 0 Å². The number of hydrogen-bond acceptors (Lipinski definition) is 8. The molecule has 3 heterocycles. The summed E-state index contributed by atoms with van der Waals surface area (Å²) in [5.74, 6) is 0.385. The molecule has 0 aliphatic heterocycles. The van der Waals surface area contributed by atoms with Crippen molar-refractivity contribution in [2.75, 3.05) is 17.7 Å². The third-order valence-electron chi connectivity index (χ3n) is 3.21. The monoisotopic (exact) mass is 314 g/mol. The Hall–Kier alpha value is -3.20. The molecule has 0 aliphatic rings. The first-order valence-electron chi connectivity index (χ1n) is 6.78. The maximum Gasteiger partial charge on any atom is 0.262 e. The Bertz CT molecular complexity index is 924. The molecule has 0 fully saturated rings. The molecule has 3 aromatic rings. The first-order valence-corrected chi connectivity index (χ1v) is 6.78. The summed E-state index contributed by atoms with van der Waals surface area (Å²) >= 11 is 0. The van der Waals surface area contributed by atoms with Gasteiger partial charge >= 0.3 is 0 Å². The fourth-order valence-electron chi connectivity index (χ4n) is 2.20. The first-order chi connectivity index (χ1) is 11.1. The van der Waals surface area contributed by atoms with Crippen LogP contribution >= 0.6 is 0 Å². The van der Waals surface area contributed by atoms with E-state index in [4.69, 9.17) is 10.8 Å². The van der Waals surface area contributed by atoms with Gasteiger partial charge in [-0.25, -0.2) is 9.97 Å². The fraction of sp³-hybridized carbons (Fsp3) is 0.143. The van der Waals surface area contributed by atoms with E-state index >= 15 is 0 Å². The van der Waals surface area contributed by atoms with Gasteiger partial charge in [0.05, 0.1) is 12.0 Å². The predicted molar refractivity (Wildman–Crippen MR) is 84.5 cm³/mol. The second-order valence-corrected chi connectivity index (χ2v) is 4.76. The number of nitrogens with zero attached hydrogens (tertiary/aromatic N) is 4. The van der Waals surface area contributed by atoms with Gasteiger partial charge in [-0.2, -0.15) is 4.98 Å². The lowest BCUT2D eigenvalue weighted by Gasteiger charge is -2.09. The van der Waals surface area contributed by atoms with E-state index in [0.29, 0.717) is 11.2 Å². The number of nitrogens with one attached hydrogen (secondary N) is 1. The van der Waals surface area contributed by atoms with Gasteiger partial charge in [0.15, 0.2) is 0 Å². The zero-order valence-electron chi connectivity index (χ0n) is 12.0. The number of pyridine rings is 2. The summed E-state index contributed by atoms with van der Waals surface area (Å²) in [5, 5.41) is 22.0. The SMILES string of the molecule is Nc1nc(Nc2nccc(O)n2)cc2ccn(CCO)c(=O)c12. The average molecular weight is 314 g/mol. The average Bonchev–Trinajstić information content (AvgIpc) is 2.50. The number of aromatic hydroxyl groups is 1. The van der Waals surface area contributed by atoms with Crippen molar-refractivity contribution < 1.29 is 10.2 Å². The second kappa shape index (κ2) is 5.89. The van der Waals surface area contributed by atoms with Crippen LogP contribution in [0.3, 0.4) is 0 Å². The Kier molecular flexibility index (Phi) is 3.77.